The third-order valence-corrected chi connectivity index (χ3v) is 3.32. The standard InChI is InChI=1S/C14H22ClN3O/c1-10-9-18(6-5-7-19-10)12-8-11(15)16-13(17-12)14(2,3)4/h8,10H,5-7,9H2,1-4H3. The average Bonchev–Trinajstić information content (AvgIpc) is 2.52. The topological polar surface area (TPSA) is 38.2 Å². The van der Waals surface area contributed by atoms with E-state index in [4.69, 9.17) is 16.3 Å². The van der Waals surface area contributed by atoms with Gasteiger partial charge in [-0.2, -0.15) is 0 Å². The molecule has 1 saturated heterocycles. The molecule has 1 atom stereocenters. The molecule has 4 nitrogen and oxygen atoms in total. The molecule has 0 N–H and O–H groups in total. The number of ether oxygens (including phenoxy) is 1. The van der Waals surface area contributed by atoms with Gasteiger partial charge in [-0.15, -0.1) is 0 Å². The fraction of sp³-hybridized carbons (Fsp3) is 0.714. The predicted molar refractivity (Wildman–Crippen MR) is 78.0 cm³/mol. The second-order valence-corrected chi connectivity index (χ2v) is 6.49. The van der Waals surface area contributed by atoms with Crippen molar-refractivity contribution in [2.24, 2.45) is 0 Å². The van der Waals surface area contributed by atoms with E-state index in [-0.39, 0.29) is 11.5 Å². The first-order valence-electron chi connectivity index (χ1n) is 6.78. The summed E-state index contributed by atoms with van der Waals surface area (Å²) >= 11 is 6.14. The fourth-order valence-corrected chi connectivity index (χ4v) is 2.28. The van der Waals surface area contributed by atoms with Gasteiger partial charge in [0.1, 0.15) is 16.8 Å². The molecule has 1 aromatic heterocycles. The Hall–Kier alpha value is -0.870. The third-order valence-electron chi connectivity index (χ3n) is 3.13. The van der Waals surface area contributed by atoms with Crippen molar-refractivity contribution >= 4 is 17.4 Å². The number of rotatable bonds is 1. The average molecular weight is 284 g/mol. The first-order valence-corrected chi connectivity index (χ1v) is 7.15. The maximum Gasteiger partial charge on any atom is 0.137 e. The van der Waals surface area contributed by atoms with Gasteiger partial charge in [0.2, 0.25) is 0 Å². The molecule has 0 bridgehead atoms. The fourth-order valence-electron chi connectivity index (χ4n) is 2.11. The number of anilines is 1. The quantitative estimate of drug-likeness (QED) is 0.743. The van der Waals surface area contributed by atoms with E-state index in [1.54, 1.807) is 0 Å². The molecule has 1 aliphatic rings. The minimum atomic E-state index is -0.104. The number of hydrogen-bond donors (Lipinski definition) is 0. The smallest absolute Gasteiger partial charge is 0.137 e. The van der Waals surface area contributed by atoms with Crippen molar-refractivity contribution in [3.8, 4) is 0 Å². The molecule has 0 aliphatic carbocycles. The summed E-state index contributed by atoms with van der Waals surface area (Å²) < 4.78 is 5.66. The van der Waals surface area contributed by atoms with E-state index in [1.807, 2.05) is 6.07 Å². The summed E-state index contributed by atoms with van der Waals surface area (Å²) in [7, 11) is 0. The molecule has 106 valence electrons. The molecule has 0 amide bonds. The zero-order valence-electron chi connectivity index (χ0n) is 12.1. The maximum absolute atomic E-state index is 6.14. The molecule has 1 unspecified atom stereocenters. The van der Waals surface area contributed by atoms with Crippen LogP contribution in [0.25, 0.3) is 0 Å². The molecule has 0 saturated carbocycles. The minimum Gasteiger partial charge on any atom is -0.377 e. The van der Waals surface area contributed by atoms with Crippen LogP contribution >= 0.6 is 11.6 Å². The van der Waals surface area contributed by atoms with Crippen LogP contribution in [0.4, 0.5) is 5.82 Å². The number of hydrogen-bond acceptors (Lipinski definition) is 4. The zero-order chi connectivity index (χ0) is 14.0. The molecule has 0 radical (unpaired) electrons. The Morgan fingerprint density at radius 2 is 2.11 bits per heavy atom. The molecule has 2 rings (SSSR count). The van der Waals surface area contributed by atoms with Crippen molar-refractivity contribution in [3.63, 3.8) is 0 Å². The van der Waals surface area contributed by atoms with E-state index >= 15 is 0 Å². The summed E-state index contributed by atoms with van der Waals surface area (Å²) in [4.78, 5) is 11.3. The number of nitrogens with zero attached hydrogens (tertiary/aromatic N) is 3. The minimum absolute atomic E-state index is 0.104. The second-order valence-electron chi connectivity index (χ2n) is 6.10. The van der Waals surface area contributed by atoms with Crippen molar-refractivity contribution in [1.82, 2.24) is 9.97 Å². The first kappa shape index (κ1) is 14.5. The van der Waals surface area contributed by atoms with Crippen LogP contribution in [-0.4, -0.2) is 35.8 Å². The predicted octanol–water partition coefficient (Wildman–Crippen LogP) is 3.04. The van der Waals surface area contributed by atoms with E-state index in [0.29, 0.717) is 5.15 Å². The van der Waals surface area contributed by atoms with Crippen molar-refractivity contribution in [1.29, 1.82) is 0 Å². The lowest BCUT2D eigenvalue weighted by Gasteiger charge is -2.25. The Balaban J connectivity index is 2.30. The van der Waals surface area contributed by atoms with Gasteiger partial charge in [-0.05, 0) is 13.3 Å². The molecular weight excluding hydrogens is 262 g/mol. The highest BCUT2D eigenvalue weighted by Gasteiger charge is 2.22. The van der Waals surface area contributed by atoms with Gasteiger partial charge in [0.25, 0.3) is 0 Å². The molecule has 1 aromatic rings. The van der Waals surface area contributed by atoms with Crippen molar-refractivity contribution in [2.45, 2.75) is 45.6 Å². The third kappa shape index (κ3) is 3.80. The highest BCUT2D eigenvalue weighted by molar-refractivity contribution is 6.29. The summed E-state index contributed by atoms with van der Waals surface area (Å²) in [6, 6.07) is 1.84. The molecular formula is C14H22ClN3O. The summed E-state index contributed by atoms with van der Waals surface area (Å²) in [6.07, 6.45) is 1.23. The Morgan fingerprint density at radius 3 is 2.79 bits per heavy atom. The van der Waals surface area contributed by atoms with Gasteiger partial charge in [0.15, 0.2) is 0 Å². The molecule has 1 aliphatic heterocycles. The van der Waals surface area contributed by atoms with Crippen molar-refractivity contribution in [2.75, 3.05) is 24.6 Å². The number of halogens is 1. The number of aromatic nitrogens is 2. The van der Waals surface area contributed by atoms with Crippen LogP contribution in [0.5, 0.6) is 0 Å². The molecule has 2 heterocycles. The SMILES string of the molecule is CC1CN(c2cc(Cl)nc(C(C)(C)C)n2)CCCO1. The van der Waals surface area contributed by atoms with Gasteiger partial charge in [-0.3, -0.25) is 0 Å². The largest absolute Gasteiger partial charge is 0.377 e. The van der Waals surface area contributed by atoms with Crippen LogP contribution in [0.3, 0.4) is 0 Å². The van der Waals surface area contributed by atoms with Crippen LogP contribution in [0.1, 0.15) is 39.9 Å². The van der Waals surface area contributed by atoms with Crippen LogP contribution in [0.2, 0.25) is 5.15 Å². The molecule has 0 aromatic carbocycles. The van der Waals surface area contributed by atoms with Gasteiger partial charge in [0, 0.05) is 31.2 Å². The molecule has 1 fully saturated rings. The Kier molecular flexibility index (Phi) is 4.31. The zero-order valence-corrected chi connectivity index (χ0v) is 12.9. The summed E-state index contributed by atoms with van der Waals surface area (Å²) in [5, 5.41) is 0.507. The van der Waals surface area contributed by atoms with E-state index in [0.717, 1.165) is 37.8 Å². The maximum atomic E-state index is 6.14. The Morgan fingerprint density at radius 1 is 1.37 bits per heavy atom. The normalized spacial score (nSPS) is 21.3. The summed E-state index contributed by atoms with van der Waals surface area (Å²) in [5.41, 5.74) is -0.104. The molecule has 5 heteroatoms. The lowest BCUT2D eigenvalue weighted by molar-refractivity contribution is 0.0820. The van der Waals surface area contributed by atoms with E-state index in [9.17, 15) is 0 Å². The van der Waals surface area contributed by atoms with E-state index in [1.165, 1.54) is 0 Å². The van der Waals surface area contributed by atoms with Gasteiger partial charge < -0.3 is 9.64 Å². The van der Waals surface area contributed by atoms with Gasteiger partial charge in [0.05, 0.1) is 6.10 Å². The Labute approximate surface area is 120 Å². The first-order chi connectivity index (χ1) is 8.86. The highest BCUT2D eigenvalue weighted by atomic mass is 35.5. The van der Waals surface area contributed by atoms with Gasteiger partial charge in [-0.1, -0.05) is 32.4 Å². The lowest BCUT2D eigenvalue weighted by Crippen LogP contribution is -2.31. The van der Waals surface area contributed by atoms with Crippen LogP contribution in [0, 0.1) is 0 Å². The van der Waals surface area contributed by atoms with Gasteiger partial charge in [-0.25, -0.2) is 9.97 Å². The molecule has 19 heavy (non-hydrogen) atoms. The van der Waals surface area contributed by atoms with E-state index < -0.39 is 0 Å². The lowest BCUT2D eigenvalue weighted by atomic mass is 9.96. The Bertz CT molecular complexity index is 445. The van der Waals surface area contributed by atoms with E-state index in [2.05, 4.69) is 42.6 Å². The van der Waals surface area contributed by atoms with Gasteiger partial charge >= 0.3 is 0 Å². The summed E-state index contributed by atoms with van der Waals surface area (Å²) in [5.74, 6) is 1.69. The van der Waals surface area contributed by atoms with Crippen molar-refractivity contribution in [3.05, 3.63) is 17.0 Å². The van der Waals surface area contributed by atoms with Crippen molar-refractivity contribution < 1.29 is 4.74 Å². The molecule has 0 spiro atoms. The second kappa shape index (κ2) is 5.63. The monoisotopic (exact) mass is 283 g/mol. The summed E-state index contributed by atoms with van der Waals surface area (Å²) in [6.45, 7) is 11.0. The van der Waals surface area contributed by atoms with Crippen LogP contribution in [-0.2, 0) is 10.2 Å². The van der Waals surface area contributed by atoms with Crippen LogP contribution < -0.4 is 4.90 Å². The van der Waals surface area contributed by atoms with Crippen LogP contribution in [0.15, 0.2) is 6.07 Å². The highest BCUT2D eigenvalue weighted by Crippen LogP contribution is 2.25.